The monoisotopic (exact) mass is 290 g/mol. The Bertz CT molecular complexity index is 598. The fourth-order valence-electron chi connectivity index (χ4n) is 1.65. The van der Waals surface area contributed by atoms with Crippen molar-refractivity contribution in [2.75, 3.05) is 17.7 Å². The molecular weight excluding hydrogens is 272 g/mol. The molecule has 0 spiro atoms. The molecule has 2 N–H and O–H groups in total. The van der Waals surface area contributed by atoms with Crippen molar-refractivity contribution in [1.82, 2.24) is 10.2 Å². The molecule has 0 aliphatic heterocycles. The number of anilines is 2. The lowest BCUT2D eigenvalue weighted by atomic mass is 9.87. The summed E-state index contributed by atoms with van der Waals surface area (Å²) >= 11 is 1.22. The second-order valence-corrected chi connectivity index (χ2v) is 6.42. The standard InChI is InChI=1S/C14H18N4OS/c1-14(2,3)9-5-7-10(8-6-9)16-11(19)12-17-18-13(15-4)20-12/h5-8H,1-4H3,(H,15,18)(H,16,19). The third-order valence-electron chi connectivity index (χ3n) is 2.84. The van der Waals surface area contributed by atoms with Crippen LogP contribution in [-0.2, 0) is 5.41 Å². The van der Waals surface area contributed by atoms with Gasteiger partial charge in [0.05, 0.1) is 0 Å². The Morgan fingerprint density at radius 3 is 2.30 bits per heavy atom. The lowest BCUT2D eigenvalue weighted by Crippen LogP contribution is -2.13. The Labute approximate surface area is 122 Å². The van der Waals surface area contributed by atoms with Crippen LogP contribution in [0.15, 0.2) is 24.3 Å². The van der Waals surface area contributed by atoms with E-state index in [1.807, 2.05) is 24.3 Å². The summed E-state index contributed by atoms with van der Waals surface area (Å²) in [4.78, 5) is 12.0. The summed E-state index contributed by atoms with van der Waals surface area (Å²) < 4.78 is 0. The van der Waals surface area contributed by atoms with E-state index in [1.165, 1.54) is 16.9 Å². The number of carbonyl (C=O) groups is 1. The molecule has 0 saturated heterocycles. The molecule has 1 aromatic carbocycles. The molecule has 0 saturated carbocycles. The van der Waals surface area contributed by atoms with Gasteiger partial charge in [0.2, 0.25) is 10.1 Å². The molecule has 1 amide bonds. The molecule has 2 aromatic rings. The molecule has 0 atom stereocenters. The molecule has 6 heteroatoms. The molecule has 106 valence electrons. The van der Waals surface area contributed by atoms with Crippen LogP contribution in [0, 0.1) is 0 Å². The van der Waals surface area contributed by atoms with Gasteiger partial charge in [0, 0.05) is 12.7 Å². The average molecular weight is 290 g/mol. The van der Waals surface area contributed by atoms with Crippen molar-refractivity contribution in [2.45, 2.75) is 26.2 Å². The van der Waals surface area contributed by atoms with Crippen LogP contribution < -0.4 is 10.6 Å². The Morgan fingerprint density at radius 2 is 1.80 bits per heavy atom. The molecule has 5 nitrogen and oxygen atoms in total. The number of benzene rings is 1. The maximum absolute atomic E-state index is 12.0. The van der Waals surface area contributed by atoms with E-state index in [4.69, 9.17) is 0 Å². The summed E-state index contributed by atoms with van der Waals surface area (Å²) in [7, 11) is 1.74. The minimum Gasteiger partial charge on any atom is -0.363 e. The summed E-state index contributed by atoms with van der Waals surface area (Å²) in [5.41, 5.74) is 2.08. The summed E-state index contributed by atoms with van der Waals surface area (Å²) in [6.45, 7) is 6.46. The van der Waals surface area contributed by atoms with E-state index in [2.05, 4.69) is 41.6 Å². The number of hydrogen-bond acceptors (Lipinski definition) is 5. The fraction of sp³-hybridized carbons (Fsp3) is 0.357. The van der Waals surface area contributed by atoms with Crippen molar-refractivity contribution in [3.05, 3.63) is 34.8 Å². The van der Waals surface area contributed by atoms with E-state index in [0.717, 1.165) is 5.69 Å². The van der Waals surface area contributed by atoms with E-state index in [9.17, 15) is 4.79 Å². The molecule has 0 aliphatic rings. The van der Waals surface area contributed by atoms with E-state index in [1.54, 1.807) is 7.05 Å². The molecule has 0 radical (unpaired) electrons. The quantitative estimate of drug-likeness (QED) is 0.911. The lowest BCUT2D eigenvalue weighted by Gasteiger charge is -2.19. The second kappa shape index (κ2) is 5.58. The second-order valence-electron chi connectivity index (χ2n) is 5.44. The average Bonchev–Trinajstić information content (AvgIpc) is 2.87. The summed E-state index contributed by atoms with van der Waals surface area (Å²) in [5, 5.41) is 14.3. The molecule has 2 rings (SSSR count). The van der Waals surface area contributed by atoms with Gasteiger partial charge in [-0.2, -0.15) is 0 Å². The lowest BCUT2D eigenvalue weighted by molar-refractivity contribution is 0.102. The normalized spacial score (nSPS) is 11.2. The van der Waals surface area contributed by atoms with Gasteiger partial charge < -0.3 is 10.6 Å². The van der Waals surface area contributed by atoms with Crippen LogP contribution in [0.2, 0.25) is 0 Å². The van der Waals surface area contributed by atoms with Crippen LogP contribution in [0.4, 0.5) is 10.8 Å². The van der Waals surface area contributed by atoms with Gasteiger partial charge in [-0.15, -0.1) is 10.2 Å². The zero-order valence-electron chi connectivity index (χ0n) is 12.0. The Balaban J connectivity index is 2.08. The van der Waals surface area contributed by atoms with Gasteiger partial charge in [-0.3, -0.25) is 4.79 Å². The van der Waals surface area contributed by atoms with Crippen molar-refractivity contribution in [3.63, 3.8) is 0 Å². The van der Waals surface area contributed by atoms with Crippen LogP contribution in [0.5, 0.6) is 0 Å². The number of nitrogens with zero attached hydrogens (tertiary/aromatic N) is 2. The van der Waals surface area contributed by atoms with Gasteiger partial charge in [0.15, 0.2) is 0 Å². The van der Waals surface area contributed by atoms with Gasteiger partial charge in [-0.1, -0.05) is 44.2 Å². The predicted octanol–water partition coefficient (Wildman–Crippen LogP) is 3.13. The van der Waals surface area contributed by atoms with Crippen LogP contribution in [0.25, 0.3) is 0 Å². The first kappa shape index (κ1) is 14.5. The highest BCUT2D eigenvalue weighted by atomic mass is 32.1. The van der Waals surface area contributed by atoms with Gasteiger partial charge in [-0.05, 0) is 23.1 Å². The molecular formula is C14H18N4OS. The first-order valence-electron chi connectivity index (χ1n) is 6.33. The topological polar surface area (TPSA) is 66.9 Å². The molecule has 0 unspecified atom stereocenters. The number of aromatic nitrogens is 2. The van der Waals surface area contributed by atoms with Gasteiger partial charge in [0.25, 0.3) is 5.91 Å². The summed E-state index contributed by atoms with van der Waals surface area (Å²) in [6.07, 6.45) is 0. The van der Waals surface area contributed by atoms with Crippen molar-refractivity contribution in [1.29, 1.82) is 0 Å². The van der Waals surface area contributed by atoms with Crippen LogP contribution >= 0.6 is 11.3 Å². The molecule has 0 fully saturated rings. The first-order chi connectivity index (χ1) is 9.40. The SMILES string of the molecule is CNc1nnc(C(=O)Nc2ccc(C(C)(C)C)cc2)s1. The van der Waals surface area contributed by atoms with Gasteiger partial charge in [-0.25, -0.2) is 0 Å². The summed E-state index contributed by atoms with van der Waals surface area (Å²) in [6, 6.07) is 7.85. The van der Waals surface area contributed by atoms with Crippen LogP contribution in [0.3, 0.4) is 0 Å². The number of rotatable bonds is 3. The number of carbonyl (C=O) groups excluding carboxylic acids is 1. The largest absolute Gasteiger partial charge is 0.363 e. The van der Waals surface area contributed by atoms with E-state index in [0.29, 0.717) is 10.1 Å². The highest BCUT2D eigenvalue weighted by Crippen LogP contribution is 2.24. The Kier molecular flexibility index (Phi) is 4.04. The maximum Gasteiger partial charge on any atom is 0.286 e. The van der Waals surface area contributed by atoms with Crippen molar-refractivity contribution < 1.29 is 4.79 Å². The highest BCUT2D eigenvalue weighted by Gasteiger charge is 2.15. The van der Waals surface area contributed by atoms with Crippen LogP contribution in [-0.4, -0.2) is 23.2 Å². The van der Waals surface area contributed by atoms with Crippen LogP contribution in [0.1, 0.15) is 36.1 Å². The van der Waals surface area contributed by atoms with Crippen molar-refractivity contribution in [3.8, 4) is 0 Å². The van der Waals surface area contributed by atoms with Crippen molar-refractivity contribution in [2.24, 2.45) is 0 Å². The minimum absolute atomic E-state index is 0.101. The van der Waals surface area contributed by atoms with E-state index in [-0.39, 0.29) is 11.3 Å². The molecule has 20 heavy (non-hydrogen) atoms. The predicted molar refractivity (Wildman–Crippen MR) is 82.6 cm³/mol. The maximum atomic E-state index is 12.0. The number of amides is 1. The smallest absolute Gasteiger partial charge is 0.286 e. The third-order valence-corrected chi connectivity index (χ3v) is 3.78. The number of nitrogens with one attached hydrogen (secondary N) is 2. The highest BCUT2D eigenvalue weighted by molar-refractivity contribution is 7.17. The zero-order valence-corrected chi connectivity index (χ0v) is 12.8. The third kappa shape index (κ3) is 3.33. The van der Waals surface area contributed by atoms with Gasteiger partial charge in [0.1, 0.15) is 0 Å². The molecule has 0 aliphatic carbocycles. The van der Waals surface area contributed by atoms with E-state index < -0.39 is 0 Å². The first-order valence-corrected chi connectivity index (χ1v) is 7.15. The zero-order chi connectivity index (χ0) is 14.8. The van der Waals surface area contributed by atoms with Gasteiger partial charge >= 0.3 is 0 Å². The van der Waals surface area contributed by atoms with Crippen molar-refractivity contribution >= 4 is 28.1 Å². The fourth-order valence-corrected chi connectivity index (χ4v) is 2.25. The minimum atomic E-state index is -0.243. The molecule has 0 bridgehead atoms. The Hall–Kier alpha value is -1.95. The molecule has 1 heterocycles. The van der Waals surface area contributed by atoms with E-state index >= 15 is 0 Å². The number of hydrogen-bond donors (Lipinski definition) is 2. The Morgan fingerprint density at radius 1 is 1.15 bits per heavy atom. The summed E-state index contributed by atoms with van der Waals surface area (Å²) in [5.74, 6) is -0.243. The molecule has 1 aromatic heterocycles.